The van der Waals surface area contributed by atoms with Crippen LogP contribution in [0, 0.1) is 0 Å². The number of fused-ring (bicyclic) bond motifs is 2. The highest BCUT2D eigenvalue weighted by atomic mass is 19.1. The van der Waals surface area contributed by atoms with Crippen molar-refractivity contribution in [1.82, 2.24) is 9.80 Å². The third kappa shape index (κ3) is 2.75. The van der Waals surface area contributed by atoms with Crippen LogP contribution in [0.1, 0.15) is 10.6 Å². The average Bonchev–Trinajstić information content (AvgIpc) is 3.30. The van der Waals surface area contributed by atoms with Crippen LogP contribution in [0.4, 0.5) is 4.39 Å². The minimum absolute atomic E-state index is 0.00723. The number of halogens is 1. The van der Waals surface area contributed by atoms with Gasteiger partial charge in [0.25, 0.3) is 5.91 Å². The Hall–Kier alpha value is -2.45. The molecule has 1 N–H and O–H groups in total. The molecule has 1 aromatic carbocycles. The summed E-state index contributed by atoms with van der Waals surface area (Å²) in [6, 6.07) is 8.15. The van der Waals surface area contributed by atoms with E-state index in [1.807, 2.05) is 12.1 Å². The second-order valence-corrected chi connectivity index (χ2v) is 6.73. The lowest BCUT2D eigenvalue weighted by molar-refractivity contribution is -0.134. The number of nitrogens with zero attached hydrogens (tertiary/aromatic N) is 2. The number of alkyl halides is 1. The van der Waals surface area contributed by atoms with Crippen molar-refractivity contribution in [3.05, 3.63) is 36.1 Å². The topological polar surface area (TPSA) is 83.2 Å². The molecule has 2 aromatic rings. The van der Waals surface area contributed by atoms with Gasteiger partial charge >= 0.3 is 0 Å². The predicted octanol–water partition coefficient (Wildman–Crippen LogP) is 0.813. The number of hydrogen-bond donors (Lipinski definition) is 1. The van der Waals surface area contributed by atoms with Gasteiger partial charge in [-0.3, -0.25) is 9.59 Å². The highest BCUT2D eigenvalue weighted by molar-refractivity contribution is 5.97. The van der Waals surface area contributed by atoms with Crippen molar-refractivity contribution in [1.29, 1.82) is 0 Å². The summed E-state index contributed by atoms with van der Waals surface area (Å²) in [6.45, 7) is -0.371. The van der Waals surface area contributed by atoms with Crippen molar-refractivity contribution in [2.45, 2.75) is 24.4 Å². The second-order valence-electron chi connectivity index (χ2n) is 6.73. The van der Waals surface area contributed by atoms with Crippen molar-refractivity contribution in [2.75, 3.05) is 26.7 Å². The van der Waals surface area contributed by atoms with Gasteiger partial charge in [0, 0.05) is 12.4 Å². The number of rotatable bonds is 3. The largest absolute Gasteiger partial charge is 0.451 e. The van der Waals surface area contributed by atoms with Crippen molar-refractivity contribution in [2.24, 2.45) is 0 Å². The van der Waals surface area contributed by atoms with Gasteiger partial charge in [-0.15, -0.1) is 0 Å². The molecule has 8 heteroatoms. The number of hydrogen-bond acceptors (Lipinski definition) is 5. The van der Waals surface area contributed by atoms with Crippen molar-refractivity contribution < 1.29 is 28.2 Å². The summed E-state index contributed by atoms with van der Waals surface area (Å²) in [5.41, 5.74) is 0.587. The number of likely N-dealkylation sites (tertiary alicyclic amines) is 1. The van der Waals surface area contributed by atoms with Crippen LogP contribution in [0.3, 0.4) is 0 Å². The van der Waals surface area contributed by atoms with Gasteiger partial charge in [-0.05, 0) is 12.1 Å². The summed E-state index contributed by atoms with van der Waals surface area (Å²) in [4.78, 5) is 27.6. The quantitative estimate of drug-likeness (QED) is 0.874. The fourth-order valence-corrected chi connectivity index (χ4v) is 3.65. The van der Waals surface area contributed by atoms with Gasteiger partial charge in [0.05, 0.1) is 25.7 Å². The molecule has 2 aliphatic rings. The SMILES string of the molecule is CN(CC(=O)N1C[C@@H](F)[C@H]2OC[C@H](O)[C@H]21)C(=O)c1cc2ccccc2o1. The lowest BCUT2D eigenvalue weighted by Crippen LogP contribution is -2.48. The fourth-order valence-electron chi connectivity index (χ4n) is 3.65. The lowest BCUT2D eigenvalue weighted by Gasteiger charge is -2.27. The van der Waals surface area contributed by atoms with E-state index in [1.54, 1.807) is 18.2 Å². The zero-order valence-electron chi connectivity index (χ0n) is 14.2. The maximum atomic E-state index is 14.0. The molecule has 26 heavy (non-hydrogen) atoms. The van der Waals surface area contributed by atoms with Crippen LogP contribution in [0.2, 0.25) is 0 Å². The van der Waals surface area contributed by atoms with Crippen LogP contribution < -0.4 is 0 Å². The fraction of sp³-hybridized carbons (Fsp3) is 0.444. The van der Waals surface area contributed by atoms with E-state index in [2.05, 4.69) is 0 Å². The van der Waals surface area contributed by atoms with Crippen LogP contribution in [0.15, 0.2) is 34.7 Å². The van der Waals surface area contributed by atoms with Gasteiger partial charge in [0.1, 0.15) is 24.0 Å². The first-order valence-electron chi connectivity index (χ1n) is 8.43. The van der Waals surface area contributed by atoms with Gasteiger partial charge in [-0.1, -0.05) is 18.2 Å². The molecule has 0 saturated carbocycles. The summed E-state index contributed by atoms with van der Waals surface area (Å²) in [7, 11) is 1.48. The molecule has 0 aliphatic carbocycles. The molecule has 4 atom stereocenters. The molecule has 1 aromatic heterocycles. The highest BCUT2D eigenvalue weighted by Crippen LogP contribution is 2.31. The molecule has 7 nitrogen and oxygen atoms in total. The Bertz CT molecular complexity index is 820. The van der Waals surface area contributed by atoms with E-state index in [1.165, 1.54) is 16.8 Å². The molecule has 2 saturated heterocycles. The molecule has 0 spiro atoms. The Balaban J connectivity index is 1.46. The Morgan fingerprint density at radius 1 is 1.38 bits per heavy atom. The summed E-state index contributed by atoms with van der Waals surface area (Å²) >= 11 is 0. The van der Waals surface area contributed by atoms with Crippen LogP contribution >= 0.6 is 0 Å². The van der Waals surface area contributed by atoms with E-state index in [0.717, 1.165) is 5.39 Å². The van der Waals surface area contributed by atoms with Gasteiger partial charge < -0.3 is 24.1 Å². The minimum atomic E-state index is -1.34. The van der Waals surface area contributed by atoms with Crippen LogP contribution in [0.25, 0.3) is 11.0 Å². The first-order chi connectivity index (χ1) is 12.5. The number of para-hydroxylation sites is 1. The minimum Gasteiger partial charge on any atom is -0.451 e. The molecule has 0 radical (unpaired) electrons. The van der Waals surface area contributed by atoms with Crippen LogP contribution in [0.5, 0.6) is 0 Å². The van der Waals surface area contributed by atoms with E-state index in [9.17, 15) is 19.1 Å². The Kier molecular flexibility index (Phi) is 4.16. The van der Waals surface area contributed by atoms with Gasteiger partial charge in [-0.2, -0.15) is 0 Å². The molecule has 2 amide bonds. The number of furan rings is 1. The Morgan fingerprint density at radius 2 is 2.15 bits per heavy atom. The molecule has 0 unspecified atom stereocenters. The summed E-state index contributed by atoms with van der Waals surface area (Å²) in [6.07, 6.45) is -3.05. The number of carbonyl (C=O) groups excluding carboxylic acids is 2. The predicted molar refractivity (Wildman–Crippen MR) is 89.3 cm³/mol. The molecule has 2 aliphatic heterocycles. The maximum Gasteiger partial charge on any atom is 0.289 e. The zero-order chi connectivity index (χ0) is 18.4. The summed E-state index contributed by atoms with van der Waals surface area (Å²) < 4.78 is 24.8. The van der Waals surface area contributed by atoms with E-state index in [0.29, 0.717) is 5.58 Å². The molecule has 3 heterocycles. The number of benzene rings is 1. The van der Waals surface area contributed by atoms with Gasteiger partial charge in [0.15, 0.2) is 5.76 Å². The lowest BCUT2D eigenvalue weighted by atomic mass is 10.1. The third-order valence-corrected chi connectivity index (χ3v) is 4.95. The molecule has 4 rings (SSSR count). The van der Waals surface area contributed by atoms with E-state index < -0.39 is 36.2 Å². The number of aliphatic hydroxyl groups excluding tert-OH is 1. The smallest absolute Gasteiger partial charge is 0.289 e. The van der Waals surface area contributed by atoms with E-state index >= 15 is 0 Å². The first-order valence-corrected chi connectivity index (χ1v) is 8.43. The van der Waals surface area contributed by atoms with Crippen LogP contribution in [-0.2, 0) is 9.53 Å². The van der Waals surface area contributed by atoms with Crippen LogP contribution in [-0.4, -0.2) is 77.9 Å². The average molecular weight is 362 g/mol. The Labute approximate surface area is 148 Å². The number of likely N-dealkylation sites (N-methyl/N-ethyl adjacent to an activating group) is 1. The second kappa shape index (κ2) is 6.37. The molecular formula is C18H19FN2O5. The highest BCUT2D eigenvalue weighted by Gasteiger charge is 2.52. The number of ether oxygens (including phenoxy) is 1. The third-order valence-electron chi connectivity index (χ3n) is 4.95. The molecular weight excluding hydrogens is 343 g/mol. The van der Waals surface area contributed by atoms with E-state index in [-0.39, 0.29) is 25.5 Å². The van der Waals surface area contributed by atoms with Gasteiger partial charge in [-0.25, -0.2) is 4.39 Å². The van der Waals surface area contributed by atoms with E-state index in [4.69, 9.17) is 9.15 Å². The molecule has 138 valence electrons. The Morgan fingerprint density at radius 3 is 2.92 bits per heavy atom. The van der Waals surface area contributed by atoms with Crippen molar-refractivity contribution in [3.63, 3.8) is 0 Å². The standard InChI is InChI=1S/C18H19FN2O5/c1-20(18(24)14-6-10-4-2-3-5-13(10)26-14)8-15(23)21-7-11(19)17-16(21)12(22)9-25-17/h2-6,11-12,16-17,22H,7-9H2,1H3/t11-,12+,16-,17-/m1/s1. The monoisotopic (exact) mass is 362 g/mol. The number of amides is 2. The summed E-state index contributed by atoms with van der Waals surface area (Å²) in [5, 5.41) is 10.8. The number of aliphatic hydroxyl groups is 1. The maximum absolute atomic E-state index is 14.0. The van der Waals surface area contributed by atoms with Crippen molar-refractivity contribution in [3.8, 4) is 0 Å². The number of carbonyl (C=O) groups is 2. The van der Waals surface area contributed by atoms with Gasteiger partial charge in [0.2, 0.25) is 5.91 Å². The van der Waals surface area contributed by atoms with Crippen molar-refractivity contribution >= 4 is 22.8 Å². The normalized spacial score (nSPS) is 27.7. The molecule has 2 fully saturated rings. The zero-order valence-corrected chi connectivity index (χ0v) is 14.2. The first kappa shape index (κ1) is 17.0. The summed E-state index contributed by atoms with van der Waals surface area (Å²) in [5.74, 6) is -0.740. The molecule has 0 bridgehead atoms.